The Bertz CT molecular complexity index is 1010. The first kappa shape index (κ1) is 19.9. The van der Waals surface area contributed by atoms with Crippen molar-refractivity contribution in [2.75, 3.05) is 19.5 Å². The molecule has 0 aliphatic heterocycles. The lowest BCUT2D eigenvalue weighted by Gasteiger charge is -2.12. The number of aromatic nitrogens is 1. The zero-order valence-electron chi connectivity index (χ0n) is 16.1. The Morgan fingerprint density at radius 3 is 2.48 bits per heavy atom. The summed E-state index contributed by atoms with van der Waals surface area (Å²) in [7, 11) is 3.14. The van der Waals surface area contributed by atoms with Crippen molar-refractivity contribution in [2.45, 2.75) is 6.54 Å². The zero-order valence-corrected chi connectivity index (χ0v) is 16.1. The van der Waals surface area contributed by atoms with Crippen LogP contribution in [0.25, 0.3) is 0 Å². The lowest BCUT2D eigenvalue weighted by atomic mass is 10.1. The van der Waals surface area contributed by atoms with E-state index in [-0.39, 0.29) is 18.4 Å². The van der Waals surface area contributed by atoms with E-state index in [1.54, 1.807) is 68.9 Å². The highest BCUT2D eigenvalue weighted by Gasteiger charge is 2.11. The van der Waals surface area contributed by atoms with Crippen molar-refractivity contribution in [3.8, 4) is 11.5 Å². The zero-order chi connectivity index (χ0) is 20.6. The molecule has 0 fully saturated rings. The van der Waals surface area contributed by atoms with E-state index in [2.05, 4.69) is 15.6 Å². The van der Waals surface area contributed by atoms with E-state index in [0.29, 0.717) is 28.3 Å². The second-order valence-electron chi connectivity index (χ2n) is 6.14. The molecule has 0 aliphatic rings. The average molecular weight is 391 g/mol. The molecule has 3 aromatic rings. The van der Waals surface area contributed by atoms with E-state index in [4.69, 9.17) is 9.47 Å². The van der Waals surface area contributed by atoms with Crippen LogP contribution in [0.1, 0.15) is 26.3 Å². The van der Waals surface area contributed by atoms with Crippen LogP contribution in [0.3, 0.4) is 0 Å². The van der Waals surface area contributed by atoms with Gasteiger partial charge in [0.15, 0.2) is 0 Å². The van der Waals surface area contributed by atoms with Crippen LogP contribution in [0, 0.1) is 0 Å². The van der Waals surface area contributed by atoms with Gasteiger partial charge >= 0.3 is 0 Å². The highest BCUT2D eigenvalue weighted by Crippen LogP contribution is 2.24. The number of hydrogen-bond donors (Lipinski definition) is 2. The van der Waals surface area contributed by atoms with Gasteiger partial charge in [0.05, 0.1) is 19.8 Å². The molecule has 0 radical (unpaired) electrons. The summed E-state index contributed by atoms with van der Waals surface area (Å²) in [5, 5.41) is 5.62. The molecule has 7 heteroatoms. The van der Waals surface area contributed by atoms with E-state index in [1.165, 1.54) is 6.20 Å². The van der Waals surface area contributed by atoms with Crippen molar-refractivity contribution < 1.29 is 19.1 Å². The van der Waals surface area contributed by atoms with Crippen LogP contribution >= 0.6 is 0 Å². The summed E-state index contributed by atoms with van der Waals surface area (Å²) < 4.78 is 10.5. The minimum absolute atomic E-state index is 0.264. The molecule has 7 nitrogen and oxygen atoms in total. The Morgan fingerprint density at radius 2 is 1.76 bits per heavy atom. The first-order valence-corrected chi connectivity index (χ1v) is 8.91. The predicted molar refractivity (Wildman–Crippen MR) is 109 cm³/mol. The maximum absolute atomic E-state index is 12.5. The van der Waals surface area contributed by atoms with Crippen molar-refractivity contribution in [2.24, 2.45) is 0 Å². The van der Waals surface area contributed by atoms with Gasteiger partial charge in [-0.1, -0.05) is 6.07 Å². The molecule has 0 spiro atoms. The molecular formula is C22H21N3O4. The second kappa shape index (κ2) is 9.36. The third kappa shape index (κ3) is 5.10. The summed E-state index contributed by atoms with van der Waals surface area (Å²) in [6, 6.07) is 15.5. The number of pyridine rings is 1. The predicted octanol–water partition coefficient (Wildman–Crippen LogP) is 3.28. The van der Waals surface area contributed by atoms with Crippen LogP contribution in [0.15, 0.2) is 67.0 Å². The fraction of sp³-hybridized carbons (Fsp3) is 0.136. The van der Waals surface area contributed by atoms with E-state index in [9.17, 15) is 9.59 Å². The molecule has 0 saturated carbocycles. The normalized spacial score (nSPS) is 10.1. The molecule has 0 unspecified atom stereocenters. The summed E-state index contributed by atoms with van der Waals surface area (Å²) in [4.78, 5) is 28.7. The first-order valence-electron chi connectivity index (χ1n) is 8.91. The van der Waals surface area contributed by atoms with E-state index in [0.717, 1.165) is 5.56 Å². The average Bonchev–Trinajstić information content (AvgIpc) is 2.78. The van der Waals surface area contributed by atoms with Crippen LogP contribution in [0.4, 0.5) is 5.69 Å². The molecule has 2 aromatic carbocycles. The Kier molecular flexibility index (Phi) is 6.42. The standard InChI is InChI=1S/C22H21N3O4/c1-28-19-9-8-16(20(12-19)29-2)14-24-21(26)15-5-3-7-18(11-15)25-22(27)17-6-4-10-23-13-17/h3-13H,14H2,1-2H3,(H,24,26)(H,25,27). The van der Waals surface area contributed by atoms with Gasteiger partial charge in [0.25, 0.3) is 11.8 Å². The molecule has 0 saturated heterocycles. The SMILES string of the molecule is COc1ccc(CNC(=O)c2cccc(NC(=O)c3cccnc3)c2)c(OC)c1. The molecule has 1 heterocycles. The van der Waals surface area contributed by atoms with Gasteiger partial charge in [-0.15, -0.1) is 0 Å². The number of carbonyl (C=O) groups excluding carboxylic acids is 2. The Balaban J connectivity index is 1.66. The smallest absolute Gasteiger partial charge is 0.257 e. The van der Waals surface area contributed by atoms with E-state index >= 15 is 0 Å². The maximum atomic E-state index is 12.5. The largest absolute Gasteiger partial charge is 0.497 e. The van der Waals surface area contributed by atoms with E-state index in [1.807, 2.05) is 6.07 Å². The summed E-state index contributed by atoms with van der Waals surface area (Å²) in [6.45, 7) is 0.290. The van der Waals surface area contributed by atoms with Crippen LogP contribution in [0.2, 0.25) is 0 Å². The molecule has 2 amide bonds. The van der Waals surface area contributed by atoms with Gasteiger partial charge in [-0.05, 0) is 42.5 Å². The summed E-state index contributed by atoms with van der Waals surface area (Å²) in [5.74, 6) is 0.745. The molecule has 2 N–H and O–H groups in total. The second-order valence-corrected chi connectivity index (χ2v) is 6.14. The number of anilines is 1. The third-order valence-corrected chi connectivity index (χ3v) is 4.24. The molecule has 3 rings (SSSR count). The van der Waals surface area contributed by atoms with Crippen molar-refractivity contribution in [3.05, 3.63) is 83.7 Å². The molecule has 148 valence electrons. The van der Waals surface area contributed by atoms with Gasteiger partial charge in [0.1, 0.15) is 11.5 Å². The van der Waals surface area contributed by atoms with Gasteiger partial charge in [0.2, 0.25) is 0 Å². The monoisotopic (exact) mass is 391 g/mol. The highest BCUT2D eigenvalue weighted by atomic mass is 16.5. The molecule has 0 aliphatic carbocycles. The fourth-order valence-electron chi connectivity index (χ4n) is 2.71. The molecule has 1 aromatic heterocycles. The Morgan fingerprint density at radius 1 is 0.931 bits per heavy atom. The van der Waals surface area contributed by atoms with Gasteiger partial charge in [-0.3, -0.25) is 14.6 Å². The van der Waals surface area contributed by atoms with Gasteiger partial charge in [0, 0.05) is 41.8 Å². The molecule has 29 heavy (non-hydrogen) atoms. The lowest BCUT2D eigenvalue weighted by molar-refractivity contribution is 0.0949. The van der Waals surface area contributed by atoms with Gasteiger partial charge < -0.3 is 20.1 Å². The molecule has 0 bridgehead atoms. The van der Waals surface area contributed by atoms with Crippen LogP contribution in [-0.2, 0) is 6.54 Å². The number of ether oxygens (including phenoxy) is 2. The van der Waals surface area contributed by atoms with Crippen LogP contribution in [0.5, 0.6) is 11.5 Å². The van der Waals surface area contributed by atoms with Crippen molar-refractivity contribution >= 4 is 17.5 Å². The lowest BCUT2D eigenvalue weighted by Crippen LogP contribution is -2.23. The van der Waals surface area contributed by atoms with Crippen LogP contribution in [-0.4, -0.2) is 31.0 Å². The quantitative estimate of drug-likeness (QED) is 0.645. The number of methoxy groups -OCH3 is 2. The van der Waals surface area contributed by atoms with E-state index < -0.39 is 0 Å². The minimum atomic E-state index is -0.293. The summed E-state index contributed by atoms with van der Waals surface area (Å²) >= 11 is 0. The van der Waals surface area contributed by atoms with Gasteiger partial charge in [-0.25, -0.2) is 0 Å². The number of benzene rings is 2. The number of rotatable bonds is 7. The van der Waals surface area contributed by atoms with Crippen molar-refractivity contribution in [1.82, 2.24) is 10.3 Å². The number of nitrogens with zero attached hydrogens (tertiary/aromatic N) is 1. The highest BCUT2D eigenvalue weighted by molar-refractivity contribution is 6.04. The molecule has 0 atom stereocenters. The van der Waals surface area contributed by atoms with Crippen molar-refractivity contribution in [1.29, 1.82) is 0 Å². The van der Waals surface area contributed by atoms with Gasteiger partial charge in [-0.2, -0.15) is 0 Å². The Hall–Kier alpha value is -3.87. The summed E-state index contributed by atoms with van der Waals surface area (Å²) in [6.07, 6.45) is 3.08. The minimum Gasteiger partial charge on any atom is -0.497 e. The maximum Gasteiger partial charge on any atom is 0.257 e. The number of amides is 2. The summed E-state index contributed by atoms with van der Waals surface area (Å²) in [5.41, 5.74) is 2.21. The number of nitrogens with one attached hydrogen (secondary N) is 2. The number of carbonyl (C=O) groups is 2. The van der Waals surface area contributed by atoms with Crippen LogP contribution < -0.4 is 20.1 Å². The number of hydrogen-bond acceptors (Lipinski definition) is 5. The third-order valence-electron chi connectivity index (χ3n) is 4.24. The Labute approximate surface area is 168 Å². The first-order chi connectivity index (χ1) is 14.1. The van der Waals surface area contributed by atoms with Crippen molar-refractivity contribution in [3.63, 3.8) is 0 Å². The topological polar surface area (TPSA) is 89.6 Å². The molecular weight excluding hydrogens is 370 g/mol. The fourth-order valence-corrected chi connectivity index (χ4v) is 2.71.